The van der Waals surface area contributed by atoms with E-state index >= 15 is 0 Å². The zero-order valence-corrected chi connectivity index (χ0v) is 31.7. The first-order valence-corrected chi connectivity index (χ1v) is 21.1. The number of nitrogens with zero attached hydrogens (tertiary/aromatic N) is 4. The molecular weight excluding hydrogens is 697 g/mol. The molecule has 3 aromatic carbocycles. The van der Waals surface area contributed by atoms with Crippen LogP contribution >= 0.6 is 11.8 Å². The van der Waals surface area contributed by atoms with Gasteiger partial charge in [-0.15, -0.1) is 11.8 Å². The van der Waals surface area contributed by atoms with Crippen molar-refractivity contribution in [3.05, 3.63) is 72.3 Å². The fraction of sp³-hybridized carbons (Fsp3) is 0.488. The molecule has 5 aliphatic rings. The van der Waals surface area contributed by atoms with Crippen LogP contribution in [0.5, 0.6) is 0 Å². The molecule has 0 radical (unpaired) electrons. The normalized spacial score (nSPS) is 27.6. The van der Waals surface area contributed by atoms with Gasteiger partial charge in [0.15, 0.2) is 0 Å². The van der Waals surface area contributed by atoms with E-state index in [9.17, 15) is 9.59 Å². The summed E-state index contributed by atoms with van der Waals surface area (Å²) in [5.74, 6) is 4.01. The van der Waals surface area contributed by atoms with Crippen LogP contribution in [0, 0.1) is 17.8 Å². The van der Waals surface area contributed by atoms with Crippen molar-refractivity contribution < 1.29 is 19.1 Å². The van der Waals surface area contributed by atoms with E-state index in [1.165, 1.54) is 6.42 Å². The van der Waals surface area contributed by atoms with Crippen LogP contribution in [0.25, 0.3) is 44.3 Å². The largest absolute Gasteiger partial charge is 0.378 e. The number of hydrogen-bond donors (Lipinski definition) is 2. The van der Waals surface area contributed by atoms with Gasteiger partial charge in [0.1, 0.15) is 23.1 Å². The molecule has 5 fully saturated rings. The second-order valence-electron chi connectivity index (χ2n) is 16.0. The van der Waals surface area contributed by atoms with Crippen molar-refractivity contribution in [3.8, 4) is 22.3 Å². The van der Waals surface area contributed by atoms with Gasteiger partial charge in [-0.1, -0.05) is 43.3 Å². The van der Waals surface area contributed by atoms with Crippen molar-refractivity contribution in [1.29, 1.82) is 0 Å². The van der Waals surface area contributed by atoms with E-state index in [0.717, 1.165) is 126 Å². The maximum atomic E-state index is 13.8. The smallest absolute Gasteiger partial charge is 0.252 e. The molecule has 7 atom stereocenters. The van der Waals surface area contributed by atoms with Crippen LogP contribution < -0.4 is 0 Å². The molecule has 0 spiro atoms. The average molecular weight is 745 g/mol. The van der Waals surface area contributed by atoms with Crippen LogP contribution in [0.15, 0.2) is 60.7 Å². The quantitative estimate of drug-likeness (QED) is 0.173. The number of amides is 2. The summed E-state index contributed by atoms with van der Waals surface area (Å²) < 4.78 is 11.8. The summed E-state index contributed by atoms with van der Waals surface area (Å²) >= 11 is 1.77. The lowest BCUT2D eigenvalue weighted by Crippen LogP contribution is -2.52. The van der Waals surface area contributed by atoms with Crippen molar-refractivity contribution in [3.63, 3.8) is 0 Å². The van der Waals surface area contributed by atoms with Gasteiger partial charge in [0, 0.05) is 32.2 Å². The van der Waals surface area contributed by atoms with E-state index in [4.69, 9.17) is 19.4 Å². The average Bonchev–Trinajstić information content (AvgIpc) is 4.04. The third-order valence-electron chi connectivity index (χ3n) is 12.8. The highest BCUT2D eigenvalue weighted by Gasteiger charge is 2.49. The van der Waals surface area contributed by atoms with Gasteiger partial charge in [-0.2, -0.15) is 0 Å². The Morgan fingerprint density at radius 2 is 1.41 bits per heavy atom. The first kappa shape index (κ1) is 34.3. The summed E-state index contributed by atoms with van der Waals surface area (Å²) in [5.41, 5.74) is 8.25. The first-order chi connectivity index (χ1) is 26.5. The number of carbonyl (C=O) groups excluding carboxylic acids is 2. The van der Waals surface area contributed by atoms with E-state index in [1.54, 1.807) is 11.8 Å². The van der Waals surface area contributed by atoms with Gasteiger partial charge < -0.3 is 29.2 Å². The van der Waals surface area contributed by atoms with Crippen molar-refractivity contribution in [2.45, 2.75) is 81.9 Å². The highest BCUT2D eigenvalue weighted by atomic mass is 32.2. The molecular formula is C43H48N6O4S. The van der Waals surface area contributed by atoms with Gasteiger partial charge in [-0.3, -0.25) is 9.59 Å². The zero-order valence-electron chi connectivity index (χ0n) is 30.8. The highest BCUT2D eigenvalue weighted by Crippen LogP contribution is 2.47. The minimum Gasteiger partial charge on any atom is -0.378 e. The van der Waals surface area contributed by atoms with Crippen molar-refractivity contribution in [2.75, 3.05) is 32.1 Å². The van der Waals surface area contributed by atoms with Gasteiger partial charge in [0.2, 0.25) is 5.91 Å². The second kappa shape index (κ2) is 14.1. The number of aromatic nitrogens is 4. The van der Waals surface area contributed by atoms with Gasteiger partial charge in [0.25, 0.3) is 5.91 Å². The van der Waals surface area contributed by atoms with E-state index in [2.05, 4.69) is 82.5 Å². The Kier molecular flexibility index (Phi) is 8.99. The summed E-state index contributed by atoms with van der Waals surface area (Å²) in [7, 11) is 0. The van der Waals surface area contributed by atoms with Gasteiger partial charge in [0.05, 0.1) is 34.2 Å². The lowest BCUT2D eigenvalue weighted by molar-refractivity contribution is -0.162. The molecule has 10 nitrogen and oxygen atoms in total. The van der Waals surface area contributed by atoms with Gasteiger partial charge in [-0.05, 0) is 115 Å². The molecule has 4 aliphatic heterocycles. The van der Waals surface area contributed by atoms with Crippen molar-refractivity contribution >= 4 is 45.6 Å². The number of thioether (sulfide) groups is 1. The summed E-state index contributed by atoms with van der Waals surface area (Å²) in [6.07, 6.45) is 8.09. The van der Waals surface area contributed by atoms with Crippen LogP contribution in [0.3, 0.4) is 0 Å². The van der Waals surface area contributed by atoms with Crippen LogP contribution in [0.1, 0.15) is 81.4 Å². The Morgan fingerprint density at radius 1 is 0.759 bits per heavy atom. The standard InChI is InChI=1S/C43H48N6O4S/c1-25(31-22-30-6-3-20-53-38(30)31)41(50)48-17-2-7-36(48)39-44-32-15-13-28(23-34(32)46-39)26-9-11-27(12-10-26)29-14-16-33-35(24-29)47-40(45-33)43-49(18-5-21-54-43)42(51)37-8-4-19-52-37/h9-16,23-25,30-31,36-38,43H,2-8,17-22H2,1H3,(H,44,46)(H,45,47). The molecule has 10 rings (SSSR count). The molecule has 5 aromatic rings. The topological polar surface area (TPSA) is 116 Å². The molecule has 7 unspecified atom stereocenters. The van der Waals surface area contributed by atoms with Gasteiger partial charge >= 0.3 is 0 Å². The maximum Gasteiger partial charge on any atom is 0.252 e. The number of hydrogen-bond acceptors (Lipinski definition) is 7. The number of rotatable bonds is 7. The fourth-order valence-corrected chi connectivity index (χ4v) is 10.9. The summed E-state index contributed by atoms with van der Waals surface area (Å²) in [6, 6.07) is 21.4. The highest BCUT2D eigenvalue weighted by molar-refractivity contribution is 7.99. The second-order valence-corrected chi connectivity index (χ2v) is 17.2. The molecule has 0 bridgehead atoms. The Morgan fingerprint density at radius 3 is 2.11 bits per heavy atom. The fourth-order valence-electron chi connectivity index (χ4n) is 9.72. The van der Waals surface area contributed by atoms with E-state index in [-0.39, 0.29) is 41.4 Å². The molecule has 54 heavy (non-hydrogen) atoms. The third-order valence-corrected chi connectivity index (χ3v) is 14.1. The Bertz CT molecular complexity index is 2190. The minimum atomic E-state index is -0.324. The lowest BCUT2D eigenvalue weighted by atomic mass is 9.63. The number of H-pyrrole nitrogens is 2. The number of ether oxygens (including phenoxy) is 2. The SMILES string of the molecule is CC(C(=O)N1CCCC1c1nc2ccc(-c3ccc(-c4ccc5nc(C6SCCCN6C(=O)C6CCCO6)[nH]c5c4)cc3)cc2[nH]1)C1CC2CCCOC21. The molecule has 6 heterocycles. The van der Waals surface area contributed by atoms with Crippen LogP contribution in [0.4, 0.5) is 0 Å². The maximum absolute atomic E-state index is 13.8. The summed E-state index contributed by atoms with van der Waals surface area (Å²) in [4.78, 5) is 48.3. The molecule has 1 saturated carbocycles. The van der Waals surface area contributed by atoms with Crippen LogP contribution in [0.2, 0.25) is 0 Å². The Hall–Kier alpha value is -4.19. The molecule has 280 valence electrons. The lowest BCUT2D eigenvalue weighted by Gasteiger charge is -2.50. The number of fused-ring (bicyclic) bond motifs is 3. The third kappa shape index (κ3) is 6.12. The molecule has 11 heteroatoms. The molecule has 4 saturated heterocycles. The molecule has 1 aliphatic carbocycles. The Labute approximate surface area is 319 Å². The molecule has 2 aromatic heterocycles. The molecule has 2 amide bonds. The number of carbonyl (C=O) groups is 2. The minimum absolute atomic E-state index is 0.0177. The van der Waals surface area contributed by atoms with E-state index in [0.29, 0.717) is 18.4 Å². The number of imidazole rings is 2. The van der Waals surface area contributed by atoms with Crippen molar-refractivity contribution in [2.24, 2.45) is 17.8 Å². The molecule has 2 N–H and O–H groups in total. The zero-order chi connectivity index (χ0) is 36.3. The van der Waals surface area contributed by atoms with E-state index in [1.807, 2.05) is 4.90 Å². The van der Waals surface area contributed by atoms with Crippen LogP contribution in [-0.4, -0.2) is 85.8 Å². The van der Waals surface area contributed by atoms with E-state index < -0.39 is 0 Å². The predicted molar refractivity (Wildman–Crippen MR) is 211 cm³/mol. The summed E-state index contributed by atoms with van der Waals surface area (Å²) in [6.45, 7) is 5.13. The van der Waals surface area contributed by atoms with Crippen LogP contribution in [-0.2, 0) is 19.1 Å². The Balaban J connectivity index is 0.840. The van der Waals surface area contributed by atoms with Crippen molar-refractivity contribution in [1.82, 2.24) is 29.7 Å². The number of nitrogens with one attached hydrogen (secondary N) is 2. The number of benzene rings is 3. The number of aromatic amines is 2. The number of likely N-dealkylation sites (tertiary alicyclic amines) is 1. The monoisotopic (exact) mass is 744 g/mol. The van der Waals surface area contributed by atoms with Gasteiger partial charge in [-0.25, -0.2) is 9.97 Å². The predicted octanol–water partition coefficient (Wildman–Crippen LogP) is 8.03. The first-order valence-electron chi connectivity index (χ1n) is 20.0. The summed E-state index contributed by atoms with van der Waals surface area (Å²) in [5, 5.41) is -0.130.